The monoisotopic (exact) mass is 304 g/mol. The van der Waals surface area contributed by atoms with Crippen LogP contribution in [0, 0.1) is 0 Å². The van der Waals surface area contributed by atoms with Crippen LogP contribution in [0.2, 0.25) is 0 Å². The van der Waals surface area contributed by atoms with Crippen molar-refractivity contribution in [2.45, 2.75) is 19.4 Å². The van der Waals surface area contributed by atoms with E-state index in [1.807, 2.05) is 30.5 Å². The van der Waals surface area contributed by atoms with Crippen LogP contribution in [-0.4, -0.2) is 28.8 Å². The summed E-state index contributed by atoms with van der Waals surface area (Å²) in [7, 11) is 0. The molecule has 1 N–H and O–H groups in total. The average molecular weight is 304 g/mol. The van der Waals surface area contributed by atoms with Gasteiger partial charge >= 0.3 is 0 Å². The van der Waals surface area contributed by atoms with Gasteiger partial charge in [0.15, 0.2) is 5.78 Å². The van der Waals surface area contributed by atoms with E-state index in [-0.39, 0.29) is 5.78 Å². The normalized spacial score (nSPS) is 14.8. The molecule has 3 heteroatoms. The number of aromatic amines is 1. The number of carbonyl (C=O) groups excluding carboxylic acids is 1. The standard InChI is InChI=1S/C20H20N2O/c23-20(18-13-21-19-8-4-3-7-17(18)19)10-12-22-11-9-15-5-1-2-6-16(15)14-22/h1-8,13,21H,9-12,14H2. The molecule has 1 aliphatic heterocycles. The molecule has 2 heterocycles. The SMILES string of the molecule is O=C(CCN1CCc2ccccc2C1)c1c[nH]c2ccccc12. The first-order valence-corrected chi connectivity index (χ1v) is 8.20. The van der Waals surface area contributed by atoms with Gasteiger partial charge in [-0.05, 0) is 23.6 Å². The Hall–Kier alpha value is -2.39. The Kier molecular flexibility index (Phi) is 3.72. The number of ketones is 1. The fraction of sp³-hybridized carbons (Fsp3) is 0.250. The van der Waals surface area contributed by atoms with E-state index >= 15 is 0 Å². The molecule has 3 nitrogen and oxygen atoms in total. The summed E-state index contributed by atoms with van der Waals surface area (Å²) in [5.41, 5.74) is 4.70. The molecule has 0 amide bonds. The molecule has 1 aromatic heterocycles. The zero-order valence-corrected chi connectivity index (χ0v) is 13.1. The van der Waals surface area contributed by atoms with Crippen LogP contribution in [0.1, 0.15) is 27.9 Å². The average Bonchev–Trinajstić information content (AvgIpc) is 3.03. The second-order valence-electron chi connectivity index (χ2n) is 6.22. The molecule has 3 aromatic rings. The Bertz CT molecular complexity index is 849. The first-order chi connectivity index (χ1) is 11.3. The van der Waals surface area contributed by atoms with Crippen LogP contribution in [0.4, 0.5) is 0 Å². The minimum atomic E-state index is 0.223. The zero-order valence-electron chi connectivity index (χ0n) is 13.1. The van der Waals surface area contributed by atoms with Gasteiger partial charge in [-0.1, -0.05) is 42.5 Å². The van der Waals surface area contributed by atoms with Gasteiger partial charge in [-0.15, -0.1) is 0 Å². The minimum absolute atomic E-state index is 0.223. The van der Waals surface area contributed by atoms with E-state index in [1.165, 1.54) is 11.1 Å². The van der Waals surface area contributed by atoms with Crippen molar-refractivity contribution in [3.8, 4) is 0 Å². The van der Waals surface area contributed by atoms with E-state index in [0.29, 0.717) is 6.42 Å². The van der Waals surface area contributed by atoms with E-state index in [4.69, 9.17) is 0 Å². The smallest absolute Gasteiger partial charge is 0.166 e. The Balaban J connectivity index is 1.43. The molecule has 0 radical (unpaired) electrons. The van der Waals surface area contributed by atoms with Crippen molar-refractivity contribution in [3.05, 3.63) is 71.4 Å². The van der Waals surface area contributed by atoms with E-state index in [1.54, 1.807) is 0 Å². The van der Waals surface area contributed by atoms with Crippen LogP contribution in [0.15, 0.2) is 54.7 Å². The van der Waals surface area contributed by atoms with Crippen LogP contribution in [0.5, 0.6) is 0 Å². The summed E-state index contributed by atoms with van der Waals surface area (Å²) in [5, 5.41) is 1.03. The van der Waals surface area contributed by atoms with E-state index in [2.05, 4.69) is 34.1 Å². The first-order valence-electron chi connectivity index (χ1n) is 8.20. The second kappa shape index (κ2) is 6.01. The first kappa shape index (κ1) is 14.2. The number of benzene rings is 2. The summed E-state index contributed by atoms with van der Waals surface area (Å²) in [6, 6.07) is 16.6. The number of nitrogens with one attached hydrogen (secondary N) is 1. The van der Waals surface area contributed by atoms with Gasteiger partial charge in [0.25, 0.3) is 0 Å². The predicted octanol–water partition coefficient (Wildman–Crippen LogP) is 3.80. The summed E-state index contributed by atoms with van der Waals surface area (Å²) >= 11 is 0. The van der Waals surface area contributed by atoms with Gasteiger partial charge in [0, 0.05) is 48.7 Å². The van der Waals surface area contributed by atoms with Crippen molar-refractivity contribution in [1.29, 1.82) is 0 Å². The summed E-state index contributed by atoms with van der Waals surface area (Å²) in [6.07, 6.45) is 3.50. The van der Waals surface area contributed by atoms with Crippen molar-refractivity contribution in [2.75, 3.05) is 13.1 Å². The Morgan fingerprint density at radius 3 is 2.74 bits per heavy atom. The fourth-order valence-electron chi connectivity index (χ4n) is 3.44. The van der Waals surface area contributed by atoms with Gasteiger partial charge in [0.1, 0.15) is 0 Å². The molecule has 0 unspecified atom stereocenters. The molecule has 0 aliphatic carbocycles. The number of fused-ring (bicyclic) bond motifs is 2. The molecule has 0 spiro atoms. The number of hydrogen-bond acceptors (Lipinski definition) is 2. The number of Topliss-reactive ketones (excluding diaryl/α,β-unsaturated/α-hetero) is 1. The lowest BCUT2D eigenvalue weighted by molar-refractivity contribution is 0.0962. The van der Waals surface area contributed by atoms with E-state index in [0.717, 1.165) is 42.5 Å². The highest BCUT2D eigenvalue weighted by atomic mass is 16.1. The van der Waals surface area contributed by atoms with Gasteiger partial charge in [0.05, 0.1) is 0 Å². The van der Waals surface area contributed by atoms with Crippen molar-refractivity contribution < 1.29 is 4.79 Å². The molecule has 4 rings (SSSR count). The van der Waals surface area contributed by atoms with Crippen molar-refractivity contribution in [3.63, 3.8) is 0 Å². The predicted molar refractivity (Wildman–Crippen MR) is 92.7 cm³/mol. The van der Waals surface area contributed by atoms with Gasteiger partial charge in [-0.2, -0.15) is 0 Å². The maximum atomic E-state index is 12.6. The number of aromatic nitrogens is 1. The fourth-order valence-corrected chi connectivity index (χ4v) is 3.44. The van der Waals surface area contributed by atoms with Crippen molar-refractivity contribution in [1.82, 2.24) is 9.88 Å². The molecule has 0 atom stereocenters. The van der Waals surface area contributed by atoms with Crippen molar-refractivity contribution >= 4 is 16.7 Å². The largest absolute Gasteiger partial charge is 0.360 e. The Labute approximate surface area is 135 Å². The van der Waals surface area contributed by atoms with Gasteiger partial charge in [-0.25, -0.2) is 0 Å². The molecule has 1 aliphatic rings. The topological polar surface area (TPSA) is 36.1 Å². The summed E-state index contributed by atoms with van der Waals surface area (Å²) in [6.45, 7) is 2.82. The molecule has 0 bridgehead atoms. The molecule has 0 saturated heterocycles. The molecule has 116 valence electrons. The highest BCUT2D eigenvalue weighted by molar-refractivity contribution is 6.07. The summed E-state index contributed by atoms with van der Waals surface area (Å²) in [4.78, 5) is 18.1. The summed E-state index contributed by atoms with van der Waals surface area (Å²) < 4.78 is 0. The van der Waals surface area contributed by atoms with Crippen LogP contribution in [0.3, 0.4) is 0 Å². The summed E-state index contributed by atoms with van der Waals surface area (Å²) in [5.74, 6) is 0.223. The van der Waals surface area contributed by atoms with E-state index < -0.39 is 0 Å². The van der Waals surface area contributed by atoms with Gasteiger partial charge < -0.3 is 4.98 Å². The number of rotatable bonds is 4. The van der Waals surface area contributed by atoms with E-state index in [9.17, 15) is 4.79 Å². The number of carbonyl (C=O) groups is 1. The lowest BCUT2D eigenvalue weighted by Gasteiger charge is -2.28. The van der Waals surface area contributed by atoms with Crippen LogP contribution >= 0.6 is 0 Å². The molecule has 2 aromatic carbocycles. The Morgan fingerprint density at radius 1 is 1.04 bits per heavy atom. The maximum Gasteiger partial charge on any atom is 0.166 e. The van der Waals surface area contributed by atoms with Crippen LogP contribution in [0.25, 0.3) is 10.9 Å². The third-order valence-corrected chi connectivity index (χ3v) is 4.75. The van der Waals surface area contributed by atoms with Gasteiger partial charge in [-0.3, -0.25) is 9.69 Å². The van der Waals surface area contributed by atoms with Crippen LogP contribution < -0.4 is 0 Å². The molecular weight excluding hydrogens is 284 g/mol. The number of hydrogen-bond donors (Lipinski definition) is 1. The minimum Gasteiger partial charge on any atom is -0.360 e. The number of nitrogens with zero attached hydrogens (tertiary/aromatic N) is 1. The Morgan fingerprint density at radius 2 is 1.83 bits per heavy atom. The van der Waals surface area contributed by atoms with Crippen LogP contribution in [-0.2, 0) is 13.0 Å². The lowest BCUT2D eigenvalue weighted by Crippen LogP contribution is -2.32. The highest BCUT2D eigenvalue weighted by Crippen LogP contribution is 2.21. The third-order valence-electron chi connectivity index (χ3n) is 4.75. The molecule has 0 fully saturated rings. The molecule has 23 heavy (non-hydrogen) atoms. The quantitative estimate of drug-likeness (QED) is 0.744. The highest BCUT2D eigenvalue weighted by Gasteiger charge is 2.18. The van der Waals surface area contributed by atoms with Crippen molar-refractivity contribution in [2.24, 2.45) is 0 Å². The number of para-hydroxylation sites is 1. The van der Waals surface area contributed by atoms with Gasteiger partial charge in [0.2, 0.25) is 0 Å². The molecule has 0 saturated carbocycles. The molecular formula is C20H20N2O. The maximum absolute atomic E-state index is 12.6. The lowest BCUT2D eigenvalue weighted by atomic mass is 9.99. The number of H-pyrrole nitrogens is 1. The second-order valence-corrected chi connectivity index (χ2v) is 6.22. The third kappa shape index (κ3) is 2.80. The zero-order chi connectivity index (χ0) is 15.6.